The van der Waals surface area contributed by atoms with Gasteiger partial charge in [0.15, 0.2) is 0 Å². The van der Waals surface area contributed by atoms with Crippen LogP contribution in [0.3, 0.4) is 0 Å². The Kier molecular flexibility index (Phi) is 4.75. The second-order valence-corrected chi connectivity index (χ2v) is 4.27. The summed E-state index contributed by atoms with van der Waals surface area (Å²) in [5.74, 6) is -0.646. The van der Waals surface area contributed by atoms with Crippen molar-refractivity contribution in [3.05, 3.63) is 23.5 Å². The van der Waals surface area contributed by atoms with Crippen LogP contribution in [-0.4, -0.2) is 18.8 Å². The Balaban J connectivity index is 3.19. The highest BCUT2D eigenvalue weighted by molar-refractivity contribution is 6.29. The Morgan fingerprint density at radius 3 is 2.53 bits per heavy atom. The lowest BCUT2D eigenvalue weighted by Crippen LogP contribution is -2.15. The normalized spacial score (nSPS) is 10.5. The predicted octanol–water partition coefficient (Wildman–Crippen LogP) is 3.17. The molecule has 2 N–H and O–H groups in total. The van der Waals surface area contributed by atoms with Crippen molar-refractivity contribution in [1.82, 2.24) is 0 Å². The van der Waals surface area contributed by atoms with Crippen molar-refractivity contribution in [2.24, 2.45) is 0 Å². The number of hydrogen-bond donors (Lipinski definition) is 2. The van der Waals surface area contributed by atoms with Crippen LogP contribution in [0.15, 0.2) is 12.1 Å². The van der Waals surface area contributed by atoms with E-state index in [0.717, 1.165) is 5.56 Å². The SMILES string of the molecule is CNc1cc(NC(=O)CCl)c(C(C)C)cc1F. The lowest BCUT2D eigenvalue weighted by molar-refractivity contribution is -0.113. The summed E-state index contributed by atoms with van der Waals surface area (Å²) >= 11 is 5.44. The zero-order chi connectivity index (χ0) is 13.0. The first-order chi connectivity index (χ1) is 7.99. The van der Waals surface area contributed by atoms with E-state index >= 15 is 0 Å². The molecule has 94 valence electrons. The Bertz CT molecular complexity index is 421. The zero-order valence-electron chi connectivity index (χ0n) is 10.1. The predicted molar refractivity (Wildman–Crippen MR) is 69.4 cm³/mol. The molecule has 0 aromatic heterocycles. The van der Waals surface area contributed by atoms with Crippen LogP contribution in [-0.2, 0) is 4.79 Å². The number of alkyl halides is 1. The molecule has 0 unspecified atom stereocenters. The van der Waals surface area contributed by atoms with Gasteiger partial charge < -0.3 is 10.6 Å². The molecule has 17 heavy (non-hydrogen) atoms. The van der Waals surface area contributed by atoms with Gasteiger partial charge in [-0.05, 0) is 23.6 Å². The van der Waals surface area contributed by atoms with Gasteiger partial charge in [0.2, 0.25) is 5.91 Å². The van der Waals surface area contributed by atoms with Crippen molar-refractivity contribution in [1.29, 1.82) is 0 Å². The van der Waals surface area contributed by atoms with E-state index in [1.807, 2.05) is 13.8 Å². The molecule has 0 spiro atoms. The summed E-state index contributed by atoms with van der Waals surface area (Å²) in [4.78, 5) is 11.3. The third-order valence-corrected chi connectivity index (χ3v) is 2.67. The molecule has 0 atom stereocenters. The van der Waals surface area contributed by atoms with E-state index in [1.54, 1.807) is 13.1 Å². The van der Waals surface area contributed by atoms with Gasteiger partial charge in [-0.25, -0.2) is 4.39 Å². The van der Waals surface area contributed by atoms with Crippen molar-refractivity contribution >= 4 is 28.9 Å². The molecule has 0 fully saturated rings. The van der Waals surface area contributed by atoms with Crippen molar-refractivity contribution < 1.29 is 9.18 Å². The van der Waals surface area contributed by atoms with Crippen LogP contribution in [0.5, 0.6) is 0 Å². The second-order valence-electron chi connectivity index (χ2n) is 4.01. The first-order valence-corrected chi connectivity index (χ1v) is 5.90. The van der Waals surface area contributed by atoms with E-state index in [-0.39, 0.29) is 23.5 Å². The standard InChI is InChI=1S/C12H16ClFN2O/c1-7(2)8-4-9(14)11(15-3)5-10(8)16-12(17)6-13/h4-5,7,15H,6H2,1-3H3,(H,16,17). The van der Waals surface area contributed by atoms with Gasteiger partial charge in [-0.1, -0.05) is 13.8 Å². The Morgan fingerprint density at radius 1 is 1.41 bits per heavy atom. The average molecular weight is 259 g/mol. The minimum absolute atomic E-state index is 0.112. The number of hydrogen-bond acceptors (Lipinski definition) is 2. The van der Waals surface area contributed by atoms with Crippen LogP contribution in [0.1, 0.15) is 25.3 Å². The smallest absolute Gasteiger partial charge is 0.239 e. The first-order valence-electron chi connectivity index (χ1n) is 5.36. The summed E-state index contributed by atoms with van der Waals surface area (Å²) < 4.78 is 13.6. The second kappa shape index (κ2) is 5.87. The zero-order valence-corrected chi connectivity index (χ0v) is 10.9. The molecule has 0 saturated carbocycles. The maximum atomic E-state index is 13.6. The molecule has 1 rings (SSSR count). The summed E-state index contributed by atoms with van der Waals surface area (Å²) in [5, 5.41) is 5.40. The average Bonchev–Trinajstić information content (AvgIpc) is 2.30. The molecule has 1 aromatic carbocycles. The summed E-state index contributed by atoms with van der Waals surface area (Å²) in [5.41, 5.74) is 1.69. The van der Waals surface area contributed by atoms with Gasteiger partial charge >= 0.3 is 0 Å². The van der Waals surface area contributed by atoms with E-state index in [0.29, 0.717) is 11.4 Å². The molecular formula is C12H16ClFN2O. The summed E-state index contributed by atoms with van der Waals surface area (Å²) in [7, 11) is 1.63. The van der Waals surface area contributed by atoms with Crippen LogP contribution in [0.25, 0.3) is 0 Å². The third kappa shape index (κ3) is 3.33. The maximum Gasteiger partial charge on any atom is 0.239 e. The van der Waals surface area contributed by atoms with Gasteiger partial charge in [-0.3, -0.25) is 4.79 Å². The topological polar surface area (TPSA) is 41.1 Å². The largest absolute Gasteiger partial charge is 0.386 e. The summed E-state index contributed by atoms with van der Waals surface area (Å²) in [6.07, 6.45) is 0. The highest BCUT2D eigenvalue weighted by atomic mass is 35.5. The number of anilines is 2. The minimum Gasteiger partial charge on any atom is -0.386 e. The van der Waals surface area contributed by atoms with Crippen molar-refractivity contribution in [2.45, 2.75) is 19.8 Å². The quantitative estimate of drug-likeness (QED) is 0.815. The fourth-order valence-corrected chi connectivity index (χ4v) is 1.62. The molecule has 3 nitrogen and oxygen atoms in total. The van der Waals surface area contributed by atoms with Crippen LogP contribution in [0.2, 0.25) is 0 Å². The highest BCUT2D eigenvalue weighted by Crippen LogP contribution is 2.29. The molecule has 5 heteroatoms. The molecule has 0 bridgehead atoms. The van der Waals surface area contributed by atoms with E-state index < -0.39 is 0 Å². The lowest BCUT2D eigenvalue weighted by atomic mass is 10.00. The molecule has 0 aliphatic carbocycles. The fraction of sp³-hybridized carbons (Fsp3) is 0.417. The van der Waals surface area contributed by atoms with Crippen molar-refractivity contribution in [3.63, 3.8) is 0 Å². The summed E-state index contributed by atoms with van der Waals surface area (Å²) in [6.45, 7) is 3.87. The number of rotatable bonds is 4. The molecule has 1 aromatic rings. The van der Waals surface area contributed by atoms with Crippen molar-refractivity contribution in [2.75, 3.05) is 23.6 Å². The van der Waals surface area contributed by atoms with Gasteiger partial charge in [-0.15, -0.1) is 11.6 Å². The number of carbonyl (C=O) groups excluding carboxylic acids is 1. The number of halogens is 2. The van der Waals surface area contributed by atoms with E-state index in [1.165, 1.54) is 6.07 Å². The molecule has 0 aliphatic rings. The van der Waals surface area contributed by atoms with Gasteiger partial charge in [0.25, 0.3) is 0 Å². The van der Waals surface area contributed by atoms with E-state index in [4.69, 9.17) is 11.6 Å². The number of benzene rings is 1. The fourth-order valence-electron chi connectivity index (χ4n) is 1.55. The highest BCUT2D eigenvalue weighted by Gasteiger charge is 2.13. The Labute approximate surface area is 105 Å². The molecule has 0 saturated heterocycles. The molecule has 0 aliphatic heterocycles. The number of amides is 1. The maximum absolute atomic E-state index is 13.6. The van der Waals surface area contributed by atoms with Crippen LogP contribution in [0.4, 0.5) is 15.8 Å². The minimum atomic E-state index is -0.333. The Morgan fingerprint density at radius 2 is 2.06 bits per heavy atom. The number of nitrogens with one attached hydrogen (secondary N) is 2. The van der Waals surface area contributed by atoms with E-state index in [9.17, 15) is 9.18 Å². The number of carbonyl (C=O) groups is 1. The van der Waals surface area contributed by atoms with Crippen LogP contribution >= 0.6 is 11.6 Å². The van der Waals surface area contributed by atoms with E-state index in [2.05, 4.69) is 10.6 Å². The lowest BCUT2D eigenvalue weighted by Gasteiger charge is -2.15. The molecule has 0 heterocycles. The van der Waals surface area contributed by atoms with Gasteiger partial charge in [0.05, 0.1) is 5.69 Å². The monoisotopic (exact) mass is 258 g/mol. The molecule has 0 radical (unpaired) electrons. The van der Waals surface area contributed by atoms with Gasteiger partial charge in [0.1, 0.15) is 11.7 Å². The van der Waals surface area contributed by atoms with Gasteiger partial charge in [0, 0.05) is 12.7 Å². The van der Waals surface area contributed by atoms with Crippen LogP contribution < -0.4 is 10.6 Å². The Hall–Kier alpha value is -1.29. The van der Waals surface area contributed by atoms with Crippen molar-refractivity contribution in [3.8, 4) is 0 Å². The summed E-state index contributed by atoms with van der Waals surface area (Å²) in [6, 6.07) is 3.01. The van der Waals surface area contributed by atoms with Crippen LogP contribution in [0, 0.1) is 5.82 Å². The first kappa shape index (κ1) is 13.8. The molecular weight excluding hydrogens is 243 g/mol. The third-order valence-electron chi connectivity index (χ3n) is 2.43. The van der Waals surface area contributed by atoms with Gasteiger partial charge in [-0.2, -0.15) is 0 Å². The molecule has 1 amide bonds.